The number of hydrogen-bond donors (Lipinski definition) is 1. The van der Waals surface area contributed by atoms with Gasteiger partial charge in [-0.1, -0.05) is 0 Å². The van der Waals surface area contributed by atoms with Crippen LogP contribution in [0.15, 0.2) is 24.3 Å². The van der Waals surface area contributed by atoms with Gasteiger partial charge in [-0.2, -0.15) is 0 Å². The van der Waals surface area contributed by atoms with Gasteiger partial charge >= 0.3 is 0 Å². The van der Waals surface area contributed by atoms with E-state index in [0.29, 0.717) is 0 Å². The third-order valence-corrected chi connectivity index (χ3v) is 2.42. The van der Waals surface area contributed by atoms with Gasteiger partial charge in [-0.3, -0.25) is 0 Å². The lowest BCUT2D eigenvalue weighted by Crippen LogP contribution is -2.26. The molecule has 1 saturated heterocycles. The highest BCUT2D eigenvalue weighted by Crippen LogP contribution is 2.19. The van der Waals surface area contributed by atoms with Gasteiger partial charge in [-0.25, -0.2) is 4.39 Å². The van der Waals surface area contributed by atoms with Gasteiger partial charge in [0.1, 0.15) is 5.82 Å². The molecular formula is C10H14ClFN2. The van der Waals surface area contributed by atoms with E-state index in [1.165, 1.54) is 12.1 Å². The molecule has 1 aliphatic rings. The summed E-state index contributed by atoms with van der Waals surface area (Å²) in [5.41, 5.74) is 6.84. The van der Waals surface area contributed by atoms with Crippen molar-refractivity contribution in [1.82, 2.24) is 0 Å². The minimum absolute atomic E-state index is 0. The van der Waals surface area contributed by atoms with Gasteiger partial charge in [0, 0.05) is 24.8 Å². The molecule has 0 radical (unpaired) electrons. The Morgan fingerprint density at radius 2 is 1.93 bits per heavy atom. The largest absolute Gasteiger partial charge is 0.370 e. The molecule has 2 N–H and O–H groups in total. The first-order chi connectivity index (χ1) is 6.25. The Labute approximate surface area is 89.3 Å². The van der Waals surface area contributed by atoms with Crippen LogP contribution in [0.4, 0.5) is 10.1 Å². The Morgan fingerprint density at radius 3 is 2.43 bits per heavy atom. The normalized spacial score (nSPS) is 20.7. The third kappa shape index (κ3) is 2.36. The Bertz CT molecular complexity index is 289. The van der Waals surface area contributed by atoms with Crippen molar-refractivity contribution in [3.63, 3.8) is 0 Å². The lowest BCUT2D eigenvalue weighted by molar-refractivity contribution is 0.627. The molecule has 1 heterocycles. The lowest BCUT2D eigenvalue weighted by Gasteiger charge is -2.17. The van der Waals surface area contributed by atoms with Crippen LogP contribution in [-0.2, 0) is 0 Å². The first-order valence-electron chi connectivity index (χ1n) is 4.52. The quantitative estimate of drug-likeness (QED) is 0.776. The maximum atomic E-state index is 12.6. The molecule has 1 aromatic rings. The summed E-state index contributed by atoms with van der Waals surface area (Å²) in [6, 6.07) is 6.84. The first-order valence-corrected chi connectivity index (χ1v) is 4.52. The van der Waals surface area contributed by atoms with Crippen molar-refractivity contribution in [3.05, 3.63) is 30.1 Å². The number of benzene rings is 1. The van der Waals surface area contributed by atoms with Crippen LogP contribution >= 0.6 is 12.4 Å². The van der Waals surface area contributed by atoms with E-state index in [2.05, 4.69) is 4.90 Å². The minimum atomic E-state index is -0.188. The average Bonchev–Trinajstić information content (AvgIpc) is 2.53. The smallest absolute Gasteiger partial charge is 0.123 e. The van der Waals surface area contributed by atoms with E-state index in [1.54, 1.807) is 12.1 Å². The van der Waals surface area contributed by atoms with Crippen LogP contribution in [0.5, 0.6) is 0 Å². The van der Waals surface area contributed by atoms with Crippen molar-refractivity contribution in [3.8, 4) is 0 Å². The first kappa shape index (κ1) is 11.3. The van der Waals surface area contributed by atoms with E-state index in [-0.39, 0.29) is 24.3 Å². The monoisotopic (exact) mass is 216 g/mol. The Kier molecular flexibility index (Phi) is 3.72. The maximum absolute atomic E-state index is 12.6. The van der Waals surface area contributed by atoms with Crippen LogP contribution in [0, 0.1) is 5.82 Å². The number of hydrogen-bond acceptors (Lipinski definition) is 2. The summed E-state index contributed by atoms with van der Waals surface area (Å²) in [4.78, 5) is 2.18. The molecule has 0 aromatic heterocycles. The third-order valence-electron chi connectivity index (χ3n) is 2.42. The van der Waals surface area contributed by atoms with Gasteiger partial charge in [-0.15, -0.1) is 12.4 Å². The van der Waals surface area contributed by atoms with E-state index in [9.17, 15) is 4.39 Å². The van der Waals surface area contributed by atoms with Crippen LogP contribution in [0.1, 0.15) is 6.42 Å². The second kappa shape index (κ2) is 4.62. The highest BCUT2D eigenvalue weighted by atomic mass is 35.5. The molecule has 78 valence electrons. The van der Waals surface area contributed by atoms with Crippen molar-refractivity contribution in [2.75, 3.05) is 18.0 Å². The van der Waals surface area contributed by atoms with E-state index in [4.69, 9.17) is 5.73 Å². The predicted octanol–water partition coefficient (Wildman–Crippen LogP) is 1.78. The molecule has 2 nitrogen and oxygen atoms in total. The fourth-order valence-corrected chi connectivity index (χ4v) is 1.67. The molecule has 14 heavy (non-hydrogen) atoms. The van der Waals surface area contributed by atoms with Gasteiger partial charge < -0.3 is 10.6 Å². The van der Waals surface area contributed by atoms with E-state index in [0.717, 1.165) is 25.2 Å². The van der Waals surface area contributed by atoms with Crippen LogP contribution in [-0.4, -0.2) is 19.1 Å². The number of halogens is 2. The average molecular weight is 217 g/mol. The van der Waals surface area contributed by atoms with Crippen molar-refractivity contribution < 1.29 is 4.39 Å². The SMILES string of the molecule is Cl.NC1CCN(c2ccc(F)cc2)C1. The highest BCUT2D eigenvalue weighted by molar-refractivity contribution is 5.85. The summed E-state index contributed by atoms with van der Waals surface area (Å²) < 4.78 is 12.6. The molecule has 0 bridgehead atoms. The van der Waals surface area contributed by atoms with Crippen LogP contribution in [0.25, 0.3) is 0 Å². The number of nitrogens with two attached hydrogens (primary N) is 1. The summed E-state index contributed by atoms with van der Waals surface area (Å²) >= 11 is 0. The van der Waals surface area contributed by atoms with Crippen LogP contribution in [0.3, 0.4) is 0 Å². The maximum Gasteiger partial charge on any atom is 0.123 e. The Balaban J connectivity index is 0.000000980. The fourth-order valence-electron chi connectivity index (χ4n) is 1.67. The molecule has 0 amide bonds. The van der Waals surface area contributed by atoms with Crippen molar-refractivity contribution >= 4 is 18.1 Å². The van der Waals surface area contributed by atoms with Gasteiger partial charge in [0.15, 0.2) is 0 Å². The second-order valence-electron chi connectivity index (χ2n) is 3.47. The van der Waals surface area contributed by atoms with Crippen LogP contribution < -0.4 is 10.6 Å². The minimum Gasteiger partial charge on any atom is -0.370 e. The molecule has 0 aliphatic carbocycles. The topological polar surface area (TPSA) is 29.3 Å². The summed E-state index contributed by atoms with van der Waals surface area (Å²) in [5, 5.41) is 0. The van der Waals surface area contributed by atoms with Crippen molar-refractivity contribution in [2.24, 2.45) is 5.73 Å². The lowest BCUT2D eigenvalue weighted by atomic mass is 10.3. The van der Waals surface area contributed by atoms with E-state index >= 15 is 0 Å². The van der Waals surface area contributed by atoms with Crippen molar-refractivity contribution in [2.45, 2.75) is 12.5 Å². The number of nitrogens with zero attached hydrogens (tertiary/aromatic N) is 1. The standard InChI is InChI=1S/C10H13FN2.ClH/c11-8-1-3-10(4-2-8)13-6-5-9(12)7-13;/h1-4,9H,5-7,12H2;1H. The zero-order valence-electron chi connectivity index (χ0n) is 7.82. The zero-order valence-corrected chi connectivity index (χ0v) is 8.64. The summed E-state index contributed by atoms with van der Waals surface area (Å²) in [6.45, 7) is 1.86. The number of rotatable bonds is 1. The molecule has 1 aliphatic heterocycles. The van der Waals surface area contributed by atoms with Gasteiger partial charge in [-0.05, 0) is 30.7 Å². The van der Waals surface area contributed by atoms with E-state index < -0.39 is 0 Å². The Hall–Kier alpha value is -0.800. The second-order valence-corrected chi connectivity index (χ2v) is 3.47. The summed E-state index contributed by atoms with van der Waals surface area (Å²) in [6.07, 6.45) is 1.03. The molecular weight excluding hydrogens is 203 g/mol. The van der Waals surface area contributed by atoms with Crippen LogP contribution in [0.2, 0.25) is 0 Å². The Morgan fingerprint density at radius 1 is 1.29 bits per heavy atom. The number of anilines is 1. The molecule has 1 unspecified atom stereocenters. The van der Waals surface area contributed by atoms with E-state index in [1.807, 2.05) is 0 Å². The van der Waals surface area contributed by atoms with Gasteiger partial charge in [0.25, 0.3) is 0 Å². The molecule has 1 fully saturated rings. The highest BCUT2D eigenvalue weighted by Gasteiger charge is 2.18. The summed E-state index contributed by atoms with van der Waals surface area (Å²) in [7, 11) is 0. The molecule has 1 aromatic carbocycles. The van der Waals surface area contributed by atoms with Gasteiger partial charge in [0.2, 0.25) is 0 Å². The fraction of sp³-hybridized carbons (Fsp3) is 0.400. The summed E-state index contributed by atoms with van der Waals surface area (Å²) in [5.74, 6) is -0.188. The molecule has 0 spiro atoms. The predicted molar refractivity (Wildman–Crippen MR) is 58.5 cm³/mol. The molecule has 1 atom stereocenters. The van der Waals surface area contributed by atoms with Crippen molar-refractivity contribution in [1.29, 1.82) is 0 Å². The zero-order chi connectivity index (χ0) is 9.26. The molecule has 0 saturated carbocycles. The molecule has 4 heteroatoms. The molecule has 2 rings (SSSR count). The van der Waals surface area contributed by atoms with Gasteiger partial charge in [0.05, 0.1) is 0 Å².